The van der Waals surface area contributed by atoms with Gasteiger partial charge in [-0.3, -0.25) is 10.1 Å². The molecule has 1 aromatic rings. The van der Waals surface area contributed by atoms with Crippen LogP contribution in [-0.2, 0) is 20.9 Å². The molecule has 0 aliphatic rings. The molecule has 0 aliphatic carbocycles. The highest BCUT2D eigenvalue weighted by atomic mass is 32.5. The van der Waals surface area contributed by atoms with Crippen LogP contribution in [0, 0.1) is 10.1 Å². The summed E-state index contributed by atoms with van der Waals surface area (Å²) in [7, 11) is 1.25. The third-order valence-corrected chi connectivity index (χ3v) is 4.21. The normalized spacial score (nSPS) is 15.7. The van der Waals surface area contributed by atoms with Crippen LogP contribution < -0.4 is 0 Å². The van der Waals surface area contributed by atoms with Crippen molar-refractivity contribution in [2.24, 2.45) is 0 Å². The Hall–Kier alpha value is -0.850. The molecule has 8 heteroatoms. The van der Waals surface area contributed by atoms with E-state index in [1.54, 1.807) is 18.2 Å². The molecule has 106 valence electrons. The van der Waals surface area contributed by atoms with Gasteiger partial charge in [0.25, 0.3) is 5.69 Å². The monoisotopic (exact) mass is 305 g/mol. The van der Waals surface area contributed by atoms with Gasteiger partial charge < -0.3 is 13.9 Å². The van der Waals surface area contributed by atoms with E-state index in [4.69, 9.17) is 20.9 Å². The minimum absolute atomic E-state index is 0.0490. The largest absolute Gasteiger partial charge is 0.324 e. The molecule has 1 aromatic carbocycles. The Balaban J connectivity index is 3.12. The SMILES string of the molecule is CCCC(OP(O)(=S)OC)c1ccccc1[N+](=O)[O-]. The molecule has 2 atom stereocenters. The van der Waals surface area contributed by atoms with Crippen molar-refractivity contribution < 1.29 is 18.9 Å². The lowest BCUT2D eigenvalue weighted by molar-refractivity contribution is -0.386. The maximum absolute atomic E-state index is 11.0. The lowest BCUT2D eigenvalue weighted by Crippen LogP contribution is -2.06. The van der Waals surface area contributed by atoms with Crippen molar-refractivity contribution in [3.05, 3.63) is 39.9 Å². The molecule has 0 amide bonds. The molecule has 0 spiro atoms. The van der Waals surface area contributed by atoms with Gasteiger partial charge in [0.1, 0.15) is 0 Å². The molecule has 0 saturated carbocycles. The summed E-state index contributed by atoms with van der Waals surface area (Å²) in [6, 6.07) is 6.26. The zero-order chi connectivity index (χ0) is 14.5. The van der Waals surface area contributed by atoms with Crippen LogP contribution in [0.4, 0.5) is 5.69 Å². The van der Waals surface area contributed by atoms with Gasteiger partial charge >= 0.3 is 6.72 Å². The maximum Gasteiger partial charge on any atom is 0.324 e. The number of benzene rings is 1. The molecule has 0 aliphatic heterocycles. The third-order valence-electron chi connectivity index (χ3n) is 2.52. The predicted octanol–water partition coefficient (Wildman–Crippen LogP) is 3.32. The van der Waals surface area contributed by atoms with Crippen molar-refractivity contribution in [3.8, 4) is 0 Å². The van der Waals surface area contributed by atoms with Gasteiger partial charge in [-0.1, -0.05) is 25.5 Å². The lowest BCUT2D eigenvalue weighted by atomic mass is 10.0. The molecule has 1 N–H and O–H groups in total. The van der Waals surface area contributed by atoms with E-state index in [1.165, 1.54) is 13.2 Å². The Morgan fingerprint density at radius 2 is 2.16 bits per heavy atom. The van der Waals surface area contributed by atoms with Crippen molar-refractivity contribution in [3.63, 3.8) is 0 Å². The predicted molar refractivity (Wildman–Crippen MR) is 75.3 cm³/mol. The van der Waals surface area contributed by atoms with Crippen LogP contribution in [0.3, 0.4) is 0 Å². The molecule has 0 heterocycles. The van der Waals surface area contributed by atoms with Crippen LogP contribution in [0.2, 0.25) is 0 Å². The number of nitro benzene ring substituents is 1. The topological polar surface area (TPSA) is 81.8 Å². The molecule has 19 heavy (non-hydrogen) atoms. The van der Waals surface area contributed by atoms with Crippen molar-refractivity contribution >= 4 is 24.2 Å². The summed E-state index contributed by atoms with van der Waals surface area (Å²) in [6.07, 6.45) is 0.588. The Bertz CT molecular complexity index is 496. The fraction of sp³-hybridized carbons (Fsp3) is 0.455. The van der Waals surface area contributed by atoms with Crippen molar-refractivity contribution in [2.75, 3.05) is 7.11 Å². The van der Waals surface area contributed by atoms with Gasteiger partial charge in [-0.2, -0.15) is 0 Å². The lowest BCUT2D eigenvalue weighted by Gasteiger charge is -2.22. The van der Waals surface area contributed by atoms with E-state index < -0.39 is 17.7 Å². The molecule has 1 rings (SSSR count). The first-order valence-electron chi connectivity index (χ1n) is 5.71. The van der Waals surface area contributed by atoms with Gasteiger partial charge in [0.2, 0.25) is 0 Å². The highest BCUT2D eigenvalue weighted by Gasteiger charge is 2.27. The van der Waals surface area contributed by atoms with Crippen LogP contribution in [0.25, 0.3) is 0 Å². The second-order valence-electron chi connectivity index (χ2n) is 3.85. The molecular weight excluding hydrogens is 289 g/mol. The average molecular weight is 305 g/mol. The van der Waals surface area contributed by atoms with Crippen molar-refractivity contribution in [2.45, 2.75) is 25.9 Å². The summed E-state index contributed by atoms with van der Waals surface area (Å²) in [5.74, 6) is 0. The van der Waals surface area contributed by atoms with E-state index in [0.29, 0.717) is 12.0 Å². The van der Waals surface area contributed by atoms with Crippen molar-refractivity contribution in [1.82, 2.24) is 0 Å². The van der Waals surface area contributed by atoms with Crippen LogP contribution in [0.15, 0.2) is 24.3 Å². The van der Waals surface area contributed by atoms with E-state index in [1.807, 2.05) is 6.92 Å². The van der Waals surface area contributed by atoms with Gasteiger partial charge in [-0.15, -0.1) is 0 Å². The first kappa shape index (κ1) is 16.2. The number of nitro groups is 1. The number of para-hydroxylation sites is 1. The number of hydrogen-bond acceptors (Lipinski definition) is 5. The highest BCUT2D eigenvalue weighted by Crippen LogP contribution is 2.49. The van der Waals surface area contributed by atoms with Crippen LogP contribution >= 0.6 is 6.72 Å². The first-order valence-corrected chi connectivity index (χ1v) is 8.30. The van der Waals surface area contributed by atoms with Gasteiger partial charge in [0, 0.05) is 13.2 Å². The zero-order valence-corrected chi connectivity index (χ0v) is 12.4. The summed E-state index contributed by atoms with van der Waals surface area (Å²) >= 11 is 4.80. The van der Waals surface area contributed by atoms with Crippen LogP contribution in [-0.4, -0.2) is 16.9 Å². The molecule has 0 saturated heterocycles. The van der Waals surface area contributed by atoms with E-state index in [9.17, 15) is 15.0 Å². The molecule has 0 bridgehead atoms. The first-order chi connectivity index (χ1) is 8.91. The standard InChI is InChI=1S/C11H16NO5PS/c1-3-6-11(17-18(15,19)16-2)9-7-4-5-8-10(9)12(13)14/h4-5,7-8,11H,3,6H2,1-2H3,(H,15,19). The smallest absolute Gasteiger partial charge is 0.324 e. The highest BCUT2D eigenvalue weighted by molar-refractivity contribution is 8.07. The fourth-order valence-corrected chi connectivity index (χ4v) is 2.60. The van der Waals surface area contributed by atoms with E-state index in [2.05, 4.69) is 0 Å². The quantitative estimate of drug-likeness (QED) is 0.473. The molecule has 6 nitrogen and oxygen atoms in total. The molecule has 2 unspecified atom stereocenters. The zero-order valence-electron chi connectivity index (χ0n) is 10.7. The maximum atomic E-state index is 11.0. The Morgan fingerprint density at radius 1 is 1.53 bits per heavy atom. The number of rotatable bonds is 7. The summed E-state index contributed by atoms with van der Waals surface area (Å²) in [5.41, 5.74) is 0.349. The molecular formula is C11H16NO5PS. The number of nitrogens with zero attached hydrogens (tertiary/aromatic N) is 1. The van der Waals surface area contributed by atoms with E-state index >= 15 is 0 Å². The van der Waals surface area contributed by atoms with Crippen molar-refractivity contribution in [1.29, 1.82) is 0 Å². The average Bonchev–Trinajstić information content (AvgIpc) is 2.38. The van der Waals surface area contributed by atoms with Gasteiger partial charge in [-0.05, 0) is 24.3 Å². The minimum atomic E-state index is -3.36. The Morgan fingerprint density at radius 3 is 2.68 bits per heavy atom. The molecule has 0 aromatic heterocycles. The van der Waals surface area contributed by atoms with E-state index in [-0.39, 0.29) is 5.69 Å². The third kappa shape index (κ3) is 4.63. The second-order valence-corrected chi connectivity index (χ2v) is 6.75. The Kier molecular flexibility index (Phi) is 6.03. The summed E-state index contributed by atoms with van der Waals surface area (Å²) < 4.78 is 10.1. The fourth-order valence-electron chi connectivity index (χ4n) is 1.66. The second kappa shape index (κ2) is 7.07. The van der Waals surface area contributed by atoms with Crippen LogP contribution in [0.5, 0.6) is 0 Å². The summed E-state index contributed by atoms with van der Waals surface area (Å²) in [6.45, 7) is -1.45. The van der Waals surface area contributed by atoms with Gasteiger partial charge in [0.15, 0.2) is 0 Å². The Labute approximate surface area is 116 Å². The summed E-state index contributed by atoms with van der Waals surface area (Å²) in [5, 5.41) is 11.0. The van der Waals surface area contributed by atoms with Gasteiger partial charge in [0.05, 0.1) is 16.6 Å². The summed E-state index contributed by atoms with van der Waals surface area (Å²) in [4.78, 5) is 20.3. The minimum Gasteiger partial charge on any atom is -0.324 e. The van der Waals surface area contributed by atoms with Gasteiger partial charge in [-0.25, -0.2) is 0 Å². The van der Waals surface area contributed by atoms with Crippen LogP contribution in [0.1, 0.15) is 31.4 Å². The number of hydrogen-bond donors (Lipinski definition) is 1. The molecule has 0 radical (unpaired) electrons. The van der Waals surface area contributed by atoms with E-state index in [0.717, 1.165) is 6.42 Å². The molecule has 0 fully saturated rings.